The highest BCUT2D eigenvalue weighted by Gasteiger charge is 2.30. The van der Waals surface area contributed by atoms with E-state index in [-0.39, 0.29) is 5.56 Å². The van der Waals surface area contributed by atoms with Gasteiger partial charge in [-0.05, 0) is 68.3 Å². The molecule has 0 spiro atoms. The summed E-state index contributed by atoms with van der Waals surface area (Å²) in [5, 5.41) is 2.66. The molecule has 7 heteroatoms. The van der Waals surface area contributed by atoms with Crippen molar-refractivity contribution in [2.24, 2.45) is 0 Å². The van der Waals surface area contributed by atoms with Gasteiger partial charge in [0.15, 0.2) is 0 Å². The molecule has 0 radical (unpaired) electrons. The fourth-order valence-electron chi connectivity index (χ4n) is 2.94. The Morgan fingerprint density at radius 3 is 2.43 bits per heavy atom. The molecular weight excluding hydrogens is 391 g/mol. The maximum absolute atomic E-state index is 12.9. The van der Waals surface area contributed by atoms with E-state index >= 15 is 0 Å². The maximum Gasteiger partial charge on any atom is 0.416 e. The monoisotopic (exact) mass is 411 g/mol. The third kappa shape index (κ3) is 4.74. The minimum absolute atomic E-state index is 0.0746. The van der Waals surface area contributed by atoms with Crippen LogP contribution in [0.3, 0.4) is 0 Å². The van der Waals surface area contributed by atoms with Gasteiger partial charge in [0, 0.05) is 16.8 Å². The second-order valence-corrected chi connectivity index (χ2v) is 7.03. The van der Waals surface area contributed by atoms with Crippen molar-refractivity contribution in [3.63, 3.8) is 0 Å². The number of carbonyl (C=O) groups is 1. The largest absolute Gasteiger partial charge is 0.416 e. The summed E-state index contributed by atoms with van der Waals surface area (Å²) in [6, 6.07) is 11.4. The van der Waals surface area contributed by atoms with Gasteiger partial charge in [-0.3, -0.25) is 4.79 Å². The molecule has 2 aromatic carbocycles. The van der Waals surface area contributed by atoms with Gasteiger partial charge in [-0.1, -0.05) is 18.7 Å². The van der Waals surface area contributed by atoms with Gasteiger partial charge in [0.2, 0.25) is 0 Å². The lowest BCUT2D eigenvalue weighted by molar-refractivity contribution is -0.137. The van der Waals surface area contributed by atoms with E-state index in [1.165, 1.54) is 12.1 Å². The number of carbonyl (C=O) groups excluding carboxylic acids is 1. The van der Waals surface area contributed by atoms with Crippen LogP contribution in [0.15, 0.2) is 55.1 Å². The first-order chi connectivity index (χ1) is 14.0. The average molecular weight is 411 g/mol. The molecule has 1 heterocycles. The van der Waals surface area contributed by atoms with Crippen LogP contribution in [0.1, 0.15) is 39.9 Å². The Bertz CT molecular complexity index is 1140. The highest BCUT2D eigenvalue weighted by Crippen LogP contribution is 2.30. The molecule has 1 N–H and O–H groups in total. The van der Waals surface area contributed by atoms with Crippen molar-refractivity contribution in [1.82, 2.24) is 9.97 Å². The number of aromatic nitrogens is 2. The number of nitrogens with one attached hydrogen (secondary N) is 1. The number of hydrogen-bond acceptors (Lipinski definition) is 3. The van der Waals surface area contributed by atoms with Gasteiger partial charge in [-0.15, -0.1) is 0 Å². The third-order valence-corrected chi connectivity index (χ3v) is 4.50. The van der Waals surface area contributed by atoms with E-state index in [0.29, 0.717) is 17.2 Å². The first-order valence-corrected chi connectivity index (χ1v) is 9.16. The lowest BCUT2D eigenvalue weighted by atomic mass is 10.0. The van der Waals surface area contributed by atoms with Crippen molar-refractivity contribution in [2.75, 3.05) is 5.32 Å². The molecule has 0 aliphatic carbocycles. The molecule has 4 nitrogen and oxygen atoms in total. The number of anilines is 1. The van der Waals surface area contributed by atoms with Crippen molar-refractivity contribution in [1.29, 1.82) is 0 Å². The zero-order chi connectivity index (χ0) is 22.1. The summed E-state index contributed by atoms with van der Waals surface area (Å²) in [5.41, 5.74) is 3.41. The minimum Gasteiger partial charge on any atom is -0.322 e. The van der Waals surface area contributed by atoms with Crippen LogP contribution in [0.25, 0.3) is 16.8 Å². The predicted molar refractivity (Wildman–Crippen MR) is 111 cm³/mol. The molecule has 30 heavy (non-hydrogen) atoms. The van der Waals surface area contributed by atoms with Crippen LogP contribution >= 0.6 is 0 Å². The minimum atomic E-state index is -4.51. The van der Waals surface area contributed by atoms with E-state index in [1.54, 1.807) is 19.1 Å². The number of allylic oxidation sites excluding steroid dienone is 1. The normalized spacial score (nSPS) is 11.3. The van der Waals surface area contributed by atoms with E-state index in [9.17, 15) is 18.0 Å². The molecule has 0 atom stereocenters. The molecular formula is C23H20F3N3O. The summed E-state index contributed by atoms with van der Waals surface area (Å²) in [5.74, 6) is -0.0410. The Kier molecular flexibility index (Phi) is 5.73. The van der Waals surface area contributed by atoms with Gasteiger partial charge in [0.05, 0.1) is 17.0 Å². The summed E-state index contributed by atoms with van der Waals surface area (Å²) in [6.45, 7) is 9.45. The fraction of sp³-hybridized carbons (Fsp3) is 0.174. The highest BCUT2D eigenvalue weighted by molar-refractivity contribution is 6.04. The molecule has 1 aromatic heterocycles. The molecule has 0 saturated heterocycles. The van der Waals surface area contributed by atoms with Crippen LogP contribution in [-0.4, -0.2) is 15.9 Å². The van der Waals surface area contributed by atoms with E-state index in [4.69, 9.17) is 0 Å². The van der Waals surface area contributed by atoms with E-state index in [2.05, 4.69) is 21.9 Å². The lowest BCUT2D eigenvalue weighted by Gasteiger charge is -2.12. The van der Waals surface area contributed by atoms with E-state index in [0.717, 1.165) is 34.5 Å². The third-order valence-electron chi connectivity index (χ3n) is 4.50. The van der Waals surface area contributed by atoms with Gasteiger partial charge in [-0.2, -0.15) is 13.2 Å². The maximum atomic E-state index is 12.9. The Labute approximate surface area is 172 Å². The zero-order valence-electron chi connectivity index (χ0n) is 16.8. The van der Waals surface area contributed by atoms with Crippen molar-refractivity contribution in [2.45, 2.75) is 26.9 Å². The van der Waals surface area contributed by atoms with Gasteiger partial charge in [0.1, 0.15) is 5.82 Å². The topological polar surface area (TPSA) is 54.9 Å². The van der Waals surface area contributed by atoms with Crippen LogP contribution in [0.4, 0.5) is 18.9 Å². The number of alkyl halides is 3. The number of rotatable bonds is 4. The van der Waals surface area contributed by atoms with Gasteiger partial charge in [-0.25, -0.2) is 9.97 Å². The van der Waals surface area contributed by atoms with Crippen LogP contribution in [0.2, 0.25) is 0 Å². The number of hydrogen-bond donors (Lipinski definition) is 1. The number of benzene rings is 2. The first-order valence-electron chi connectivity index (χ1n) is 9.16. The van der Waals surface area contributed by atoms with Crippen molar-refractivity contribution < 1.29 is 18.0 Å². The molecule has 0 aliphatic heterocycles. The van der Waals surface area contributed by atoms with E-state index < -0.39 is 17.6 Å². The number of nitrogens with zero attached hydrogens (tertiary/aromatic N) is 2. The fourth-order valence-corrected chi connectivity index (χ4v) is 2.94. The van der Waals surface area contributed by atoms with Crippen LogP contribution < -0.4 is 5.32 Å². The Morgan fingerprint density at radius 2 is 1.77 bits per heavy atom. The Balaban J connectivity index is 1.93. The quantitative estimate of drug-likeness (QED) is 0.567. The lowest BCUT2D eigenvalue weighted by Crippen LogP contribution is -2.14. The average Bonchev–Trinajstić information content (AvgIpc) is 2.68. The van der Waals surface area contributed by atoms with Crippen LogP contribution in [-0.2, 0) is 6.18 Å². The summed E-state index contributed by atoms with van der Waals surface area (Å²) in [6.07, 6.45) is -4.51. The van der Waals surface area contributed by atoms with E-state index in [1.807, 2.05) is 26.0 Å². The molecule has 3 rings (SSSR count). The van der Waals surface area contributed by atoms with Gasteiger partial charge >= 0.3 is 6.18 Å². The standard InChI is InChI=1S/C23H20F3N3O/c1-13(2)20-12-21(28-15(4)27-20)19-11-18(9-8-14(19)3)29-22(30)16-6-5-7-17(10-16)23(24,25)26/h5-12H,1H2,2-4H3,(H,29,30). The van der Waals surface area contributed by atoms with Crippen molar-refractivity contribution >= 4 is 17.2 Å². The Morgan fingerprint density at radius 1 is 1.03 bits per heavy atom. The summed E-state index contributed by atoms with van der Waals surface area (Å²) >= 11 is 0. The molecule has 0 saturated carbocycles. The molecule has 154 valence electrons. The van der Waals surface area contributed by atoms with Crippen LogP contribution in [0, 0.1) is 13.8 Å². The van der Waals surface area contributed by atoms with Crippen molar-refractivity contribution in [3.8, 4) is 11.3 Å². The molecule has 0 unspecified atom stereocenters. The van der Waals surface area contributed by atoms with Gasteiger partial charge < -0.3 is 5.32 Å². The number of aryl methyl sites for hydroxylation is 2. The molecule has 1 amide bonds. The molecule has 3 aromatic rings. The predicted octanol–water partition coefficient (Wildman–Crippen LogP) is 6.06. The summed E-state index contributed by atoms with van der Waals surface area (Å²) < 4.78 is 38.7. The number of halogens is 3. The zero-order valence-corrected chi connectivity index (χ0v) is 16.8. The molecule has 0 bridgehead atoms. The van der Waals surface area contributed by atoms with Gasteiger partial charge in [0.25, 0.3) is 5.91 Å². The SMILES string of the molecule is C=C(C)c1cc(-c2cc(NC(=O)c3cccc(C(F)(F)F)c3)ccc2C)nc(C)n1. The Hall–Kier alpha value is -3.48. The van der Waals surface area contributed by atoms with Crippen LogP contribution in [0.5, 0.6) is 0 Å². The second-order valence-electron chi connectivity index (χ2n) is 7.03. The molecule has 0 fully saturated rings. The summed E-state index contributed by atoms with van der Waals surface area (Å²) in [4.78, 5) is 21.3. The second kappa shape index (κ2) is 8.10. The molecule has 0 aliphatic rings. The smallest absolute Gasteiger partial charge is 0.322 e. The summed E-state index contributed by atoms with van der Waals surface area (Å²) in [7, 11) is 0. The number of amides is 1. The first kappa shape index (κ1) is 21.2. The van der Waals surface area contributed by atoms with Crippen molar-refractivity contribution in [3.05, 3.63) is 83.3 Å². The highest BCUT2D eigenvalue weighted by atomic mass is 19.4.